The maximum Gasteiger partial charge on any atom is 0.435 e. The van der Waals surface area contributed by atoms with Crippen molar-refractivity contribution in [3.63, 3.8) is 0 Å². The van der Waals surface area contributed by atoms with E-state index < -0.39 is 11.9 Å². The summed E-state index contributed by atoms with van der Waals surface area (Å²) in [6.07, 6.45) is -3.16. The quantitative estimate of drug-likeness (QED) is 0.760. The molecule has 0 amide bonds. The summed E-state index contributed by atoms with van der Waals surface area (Å²) in [5.74, 6) is 0. The van der Waals surface area contributed by atoms with Gasteiger partial charge in [-0.1, -0.05) is 0 Å². The average molecular weight is 227 g/mol. The highest BCUT2D eigenvalue weighted by atomic mass is 19.4. The van der Waals surface area contributed by atoms with Crippen molar-refractivity contribution in [2.75, 3.05) is 5.73 Å². The van der Waals surface area contributed by atoms with Crippen LogP contribution in [0.4, 0.5) is 18.9 Å². The maximum absolute atomic E-state index is 12.3. The second-order valence-corrected chi connectivity index (χ2v) is 3.23. The first-order valence-corrected chi connectivity index (χ1v) is 4.45. The number of nitrogens with zero attached hydrogens (tertiary/aromatic N) is 2. The highest BCUT2D eigenvalue weighted by Crippen LogP contribution is 2.27. The molecule has 0 spiro atoms. The van der Waals surface area contributed by atoms with Crippen LogP contribution in [0.25, 0.3) is 5.69 Å². The highest BCUT2D eigenvalue weighted by molar-refractivity contribution is 5.44. The van der Waals surface area contributed by atoms with E-state index in [0.29, 0.717) is 11.4 Å². The normalized spacial score (nSPS) is 11.7. The molecule has 1 heterocycles. The first-order chi connectivity index (χ1) is 7.47. The van der Waals surface area contributed by atoms with Crippen LogP contribution in [0.5, 0.6) is 0 Å². The monoisotopic (exact) mass is 227 g/mol. The molecule has 0 bridgehead atoms. The Morgan fingerprint density at radius 1 is 1.06 bits per heavy atom. The lowest BCUT2D eigenvalue weighted by Crippen LogP contribution is -2.07. The number of nitrogens with two attached hydrogens (primary N) is 1. The van der Waals surface area contributed by atoms with Gasteiger partial charge in [-0.05, 0) is 30.3 Å². The number of benzene rings is 1. The first-order valence-electron chi connectivity index (χ1n) is 4.45. The Balaban J connectivity index is 2.35. The van der Waals surface area contributed by atoms with Gasteiger partial charge >= 0.3 is 6.18 Å². The van der Waals surface area contributed by atoms with Gasteiger partial charge in [-0.15, -0.1) is 0 Å². The van der Waals surface area contributed by atoms with Gasteiger partial charge in [-0.2, -0.15) is 18.3 Å². The smallest absolute Gasteiger partial charge is 0.399 e. The largest absolute Gasteiger partial charge is 0.435 e. The van der Waals surface area contributed by atoms with Gasteiger partial charge in [0.1, 0.15) is 0 Å². The predicted octanol–water partition coefficient (Wildman–Crippen LogP) is 2.47. The van der Waals surface area contributed by atoms with Crippen LogP contribution in [0.3, 0.4) is 0 Å². The summed E-state index contributed by atoms with van der Waals surface area (Å²) >= 11 is 0. The van der Waals surface area contributed by atoms with E-state index in [9.17, 15) is 13.2 Å². The van der Waals surface area contributed by atoms with Crippen LogP contribution in [-0.4, -0.2) is 9.78 Å². The summed E-state index contributed by atoms with van der Waals surface area (Å²) in [6.45, 7) is 0. The summed E-state index contributed by atoms with van der Waals surface area (Å²) in [7, 11) is 0. The lowest BCUT2D eigenvalue weighted by atomic mass is 10.3. The van der Waals surface area contributed by atoms with E-state index in [2.05, 4.69) is 5.10 Å². The molecule has 0 fully saturated rings. The van der Waals surface area contributed by atoms with E-state index in [4.69, 9.17) is 5.73 Å². The number of nitrogen functional groups attached to an aromatic ring is 1. The summed E-state index contributed by atoms with van der Waals surface area (Å²) < 4.78 is 38.0. The number of hydrogen-bond donors (Lipinski definition) is 1. The van der Waals surface area contributed by atoms with E-state index in [1.807, 2.05) is 0 Å². The fraction of sp³-hybridized carbons (Fsp3) is 0.100. The molecule has 1 aromatic carbocycles. The third-order valence-electron chi connectivity index (χ3n) is 2.04. The Hall–Kier alpha value is -1.98. The molecule has 2 rings (SSSR count). The van der Waals surface area contributed by atoms with Crippen molar-refractivity contribution in [3.8, 4) is 5.69 Å². The zero-order valence-electron chi connectivity index (χ0n) is 8.07. The van der Waals surface area contributed by atoms with Crippen LogP contribution in [0.2, 0.25) is 0 Å². The fourth-order valence-corrected chi connectivity index (χ4v) is 1.25. The van der Waals surface area contributed by atoms with Crippen molar-refractivity contribution >= 4 is 5.69 Å². The summed E-state index contributed by atoms with van der Waals surface area (Å²) in [6, 6.07) is 7.33. The molecule has 16 heavy (non-hydrogen) atoms. The second kappa shape index (κ2) is 3.55. The molecule has 1 aromatic heterocycles. The van der Waals surface area contributed by atoms with E-state index in [1.165, 1.54) is 6.20 Å². The number of halogens is 3. The molecule has 84 valence electrons. The molecule has 0 saturated carbocycles. The SMILES string of the molecule is Nc1ccc(-n2ccc(C(F)(F)F)n2)cc1. The minimum Gasteiger partial charge on any atom is -0.399 e. The number of rotatable bonds is 1. The minimum absolute atomic E-state index is 0.532. The third kappa shape index (κ3) is 2.00. The number of alkyl halides is 3. The van der Waals surface area contributed by atoms with Crippen LogP contribution >= 0.6 is 0 Å². The Kier molecular flexibility index (Phi) is 2.34. The lowest BCUT2D eigenvalue weighted by molar-refractivity contribution is -0.141. The molecule has 0 aliphatic heterocycles. The number of anilines is 1. The molecule has 0 aliphatic carbocycles. The van der Waals surface area contributed by atoms with Crippen molar-refractivity contribution in [3.05, 3.63) is 42.2 Å². The summed E-state index contributed by atoms with van der Waals surface area (Å²) in [5, 5.41) is 3.43. The molecule has 0 aliphatic rings. The van der Waals surface area contributed by atoms with E-state index >= 15 is 0 Å². The van der Waals surface area contributed by atoms with Gasteiger partial charge in [0.25, 0.3) is 0 Å². The molecule has 2 N–H and O–H groups in total. The van der Waals surface area contributed by atoms with Crippen molar-refractivity contribution in [1.82, 2.24) is 9.78 Å². The van der Waals surface area contributed by atoms with Crippen molar-refractivity contribution < 1.29 is 13.2 Å². The number of aromatic nitrogens is 2. The molecular weight excluding hydrogens is 219 g/mol. The predicted molar refractivity (Wildman–Crippen MR) is 53.0 cm³/mol. The van der Waals surface area contributed by atoms with E-state index in [-0.39, 0.29) is 0 Å². The van der Waals surface area contributed by atoms with Gasteiger partial charge in [-0.3, -0.25) is 0 Å². The Morgan fingerprint density at radius 3 is 2.19 bits per heavy atom. The van der Waals surface area contributed by atoms with Crippen LogP contribution < -0.4 is 5.73 Å². The van der Waals surface area contributed by atoms with Gasteiger partial charge in [0.05, 0.1) is 5.69 Å². The zero-order valence-corrected chi connectivity index (χ0v) is 8.07. The van der Waals surface area contributed by atoms with Crippen LogP contribution in [0, 0.1) is 0 Å². The zero-order chi connectivity index (χ0) is 11.8. The highest BCUT2D eigenvalue weighted by Gasteiger charge is 2.33. The van der Waals surface area contributed by atoms with Gasteiger partial charge in [0.2, 0.25) is 0 Å². The molecule has 3 nitrogen and oxygen atoms in total. The molecule has 0 atom stereocenters. The minimum atomic E-state index is -4.42. The van der Waals surface area contributed by atoms with Gasteiger partial charge < -0.3 is 5.73 Å². The average Bonchev–Trinajstić information content (AvgIpc) is 2.67. The topological polar surface area (TPSA) is 43.8 Å². The maximum atomic E-state index is 12.3. The molecule has 6 heteroatoms. The molecule has 0 unspecified atom stereocenters. The van der Waals surface area contributed by atoms with E-state index in [0.717, 1.165) is 10.7 Å². The van der Waals surface area contributed by atoms with Crippen LogP contribution in [0.1, 0.15) is 5.69 Å². The van der Waals surface area contributed by atoms with Crippen molar-refractivity contribution in [2.24, 2.45) is 0 Å². The standard InChI is InChI=1S/C10H8F3N3/c11-10(12,13)9-5-6-16(15-9)8-3-1-7(14)2-4-8/h1-6H,14H2. The fourth-order valence-electron chi connectivity index (χ4n) is 1.25. The Labute approximate surface area is 89.3 Å². The van der Waals surface area contributed by atoms with Crippen LogP contribution in [0.15, 0.2) is 36.5 Å². The summed E-state index contributed by atoms with van der Waals surface area (Å²) in [5.41, 5.74) is 5.64. The molecule has 2 aromatic rings. The van der Waals surface area contributed by atoms with E-state index in [1.54, 1.807) is 24.3 Å². The number of hydrogen-bond acceptors (Lipinski definition) is 2. The molecule has 0 saturated heterocycles. The Bertz CT molecular complexity index is 485. The first kappa shape index (κ1) is 10.5. The van der Waals surface area contributed by atoms with Crippen molar-refractivity contribution in [2.45, 2.75) is 6.18 Å². The van der Waals surface area contributed by atoms with Gasteiger partial charge in [-0.25, -0.2) is 4.68 Å². The molecule has 0 radical (unpaired) electrons. The lowest BCUT2D eigenvalue weighted by Gasteiger charge is -2.03. The molecular formula is C10H8F3N3. The van der Waals surface area contributed by atoms with Gasteiger partial charge in [0, 0.05) is 11.9 Å². The Morgan fingerprint density at radius 2 is 1.69 bits per heavy atom. The van der Waals surface area contributed by atoms with Crippen molar-refractivity contribution in [1.29, 1.82) is 0 Å². The summed E-state index contributed by atoms with van der Waals surface area (Å²) in [4.78, 5) is 0. The third-order valence-corrected chi connectivity index (χ3v) is 2.04. The second-order valence-electron chi connectivity index (χ2n) is 3.23. The van der Waals surface area contributed by atoms with Gasteiger partial charge in [0.15, 0.2) is 5.69 Å². The van der Waals surface area contributed by atoms with Crippen LogP contribution in [-0.2, 0) is 6.18 Å².